The second-order valence-corrected chi connectivity index (χ2v) is 8.58. The van der Waals surface area contributed by atoms with E-state index in [0.29, 0.717) is 24.3 Å². The molecule has 4 aromatic rings. The van der Waals surface area contributed by atoms with Gasteiger partial charge in [-0.25, -0.2) is 0 Å². The zero-order valence-corrected chi connectivity index (χ0v) is 20.4. The Morgan fingerprint density at radius 2 is 1.57 bits per heavy atom. The fourth-order valence-corrected chi connectivity index (χ4v) is 4.22. The molecule has 0 aromatic heterocycles. The molecule has 0 radical (unpaired) electrons. The fraction of sp³-hybridized carbons (Fsp3) is 0.129. The van der Waals surface area contributed by atoms with Crippen molar-refractivity contribution in [2.24, 2.45) is 5.73 Å². The summed E-state index contributed by atoms with van der Waals surface area (Å²) < 4.78 is 5.79. The second kappa shape index (κ2) is 12.2. The minimum absolute atomic E-state index is 0.219. The number of hydrogen-bond donors (Lipinski definition) is 2. The Kier molecular flexibility index (Phi) is 8.30. The number of ether oxygens (including phenoxy) is 1. The van der Waals surface area contributed by atoms with E-state index in [1.807, 2.05) is 103 Å². The number of carbonyl (C=O) groups excluding carboxylic acids is 1. The molecular weight excluding hydrogens is 460 g/mol. The number of benzene rings is 4. The van der Waals surface area contributed by atoms with Crippen LogP contribution >= 0.6 is 0 Å². The first kappa shape index (κ1) is 25.2. The van der Waals surface area contributed by atoms with Crippen LogP contribution in [0.5, 0.6) is 5.75 Å². The zero-order valence-electron chi connectivity index (χ0n) is 20.4. The van der Waals surface area contributed by atoms with E-state index in [9.17, 15) is 10.1 Å². The molecule has 0 aliphatic carbocycles. The van der Waals surface area contributed by atoms with Gasteiger partial charge < -0.3 is 10.5 Å². The summed E-state index contributed by atoms with van der Waals surface area (Å²) >= 11 is 0. The van der Waals surface area contributed by atoms with Crippen LogP contribution < -0.4 is 10.5 Å². The van der Waals surface area contributed by atoms with Crippen LogP contribution in [0, 0.1) is 16.7 Å². The van der Waals surface area contributed by atoms with E-state index >= 15 is 0 Å². The first-order valence-corrected chi connectivity index (χ1v) is 12.0. The lowest BCUT2D eigenvalue weighted by molar-refractivity contribution is -0.130. The maximum atomic E-state index is 13.5. The Hall–Kier alpha value is -4.89. The number of fused-ring (bicyclic) bond motifs is 1. The number of guanidine groups is 1. The third kappa shape index (κ3) is 6.41. The van der Waals surface area contributed by atoms with Crippen LogP contribution in [-0.2, 0) is 11.3 Å². The molecule has 0 fully saturated rings. The molecule has 0 spiro atoms. The summed E-state index contributed by atoms with van der Waals surface area (Å²) in [5, 5.41) is 17.2. The lowest BCUT2D eigenvalue weighted by Crippen LogP contribution is -2.44. The molecule has 184 valence electrons. The van der Waals surface area contributed by atoms with Gasteiger partial charge in [0.05, 0.1) is 30.7 Å². The summed E-state index contributed by atoms with van der Waals surface area (Å²) in [6, 6.07) is 36.7. The Bertz CT molecular complexity index is 1370. The van der Waals surface area contributed by atoms with Gasteiger partial charge in [-0.05, 0) is 47.4 Å². The summed E-state index contributed by atoms with van der Waals surface area (Å²) in [7, 11) is 0. The third-order valence-electron chi connectivity index (χ3n) is 6.08. The van der Waals surface area contributed by atoms with Crippen molar-refractivity contribution in [3.05, 3.63) is 126 Å². The first-order valence-electron chi connectivity index (χ1n) is 12.0. The van der Waals surface area contributed by atoms with Crippen molar-refractivity contribution in [1.82, 2.24) is 4.90 Å². The van der Waals surface area contributed by atoms with Crippen LogP contribution in [0.25, 0.3) is 11.1 Å². The normalized spacial score (nSPS) is 13.5. The molecule has 1 heterocycles. The Morgan fingerprint density at radius 3 is 2.22 bits per heavy atom. The topological polar surface area (TPSA) is 103 Å². The highest BCUT2D eigenvalue weighted by Gasteiger charge is 2.32. The SMILES string of the molecule is N#Cc1cccc(-c2ccc3c(c2)C(C(=O)N(Cc2ccccc2)C(=N)N)CCO3)c1.c1ccccc1. The number of amides is 1. The predicted octanol–water partition coefficient (Wildman–Crippen LogP) is 5.70. The molecule has 1 unspecified atom stereocenters. The van der Waals surface area contributed by atoms with Gasteiger partial charge in [0.25, 0.3) is 0 Å². The van der Waals surface area contributed by atoms with Gasteiger partial charge in [0.1, 0.15) is 5.75 Å². The molecule has 37 heavy (non-hydrogen) atoms. The number of nitriles is 1. The van der Waals surface area contributed by atoms with E-state index in [-0.39, 0.29) is 18.4 Å². The lowest BCUT2D eigenvalue weighted by Gasteiger charge is -2.30. The van der Waals surface area contributed by atoms with E-state index in [1.54, 1.807) is 6.07 Å². The number of hydrogen-bond acceptors (Lipinski definition) is 4. The average molecular weight is 489 g/mol. The van der Waals surface area contributed by atoms with E-state index in [0.717, 1.165) is 22.3 Å². The highest BCUT2D eigenvalue weighted by molar-refractivity contribution is 5.98. The van der Waals surface area contributed by atoms with Crippen molar-refractivity contribution in [3.63, 3.8) is 0 Å². The Balaban J connectivity index is 0.000000469. The van der Waals surface area contributed by atoms with Crippen molar-refractivity contribution in [2.75, 3.05) is 6.61 Å². The van der Waals surface area contributed by atoms with Crippen LogP contribution in [-0.4, -0.2) is 23.4 Å². The third-order valence-corrected chi connectivity index (χ3v) is 6.08. The molecule has 1 aliphatic heterocycles. The molecule has 0 saturated carbocycles. The summed E-state index contributed by atoms with van der Waals surface area (Å²) in [5.74, 6) is -0.299. The van der Waals surface area contributed by atoms with Crippen LogP contribution in [0.3, 0.4) is 0 Å². The van der Waals surface area contributed by atoms with Crippen LogP contribution in [0.1, 0.15) is 29.0 Å². The molecule has 6 nitrogen and oxygen atoms in total. The molecule has 5 rings (SSSR count). The monoisotopic (exact) mass is 488 g/mol. The fourth-order valence-electron chi connectivity index (χ4n) is 4.22. The van der Waals surface area contributed by atoms with Gasteiger partial charge in [-0.2, -0.15) is 5.26 Å². The minimum atomic E-state index is -0.463. The minimum Gasteiger partial charge on any atom is -0.493 e. The molecular formula is C31H28N4O2. The van der Waals surface area contributed by atoms with E-state index in [1.165, 1.54) is 4.90 Å². The summed E-state index contributed by atoms with van der Waals surface area (Å²) in [5.41, 5.74) is 9.84. The Labute approximate surface area is 217 Å². The van der Waals surface area contributed by atoms with Crippen LogP contribution in [0.4, 0.5) is 0 Å². The molecule has 0 saturated heterocycles. The number of nitrogens with one attached hydrogen (secondary N) is 1. The average Bonchev–Trinajstić information content (AvgIpc) is 2.96. The van der Waals surface area contributed by atoms with Crippen molar-refractivity contribution in [2.45, 2.75) is 18.9 Å². The van der Waals surface area contributed by atoms with E-state index in [4.69, 9.17) is 15.9 Å². The zero-order chi connectivity index (χ0) is 26.0. The van der Waals surface area contributed by atoms with Gasteiger partial charge in [-0.15, -0.1) is 0 Å². The molecule has 1 aliphatic rings. The van der Waals surface area contributed by atoms with E-state index in [2.05, 4.69) is 6.07 Å². The summed E-state index contributed by atoms with van der Waals surface area (Å²) in [6.07, 6.45) is 0.506. The number of nitrogens with zero attached hydrogens (tertiary/aromatic N) is 2. The number of nitrogens with two attached hydrogens (primary N) is 1. The number of rotatable bonds is 4. The molecule has 3 N–H and O–H groups in total. The quantitative estimate of drug-likeness (QED) is 0.284. The van der Waals surface area contributed by atoms with E-state index < -0.39 is 5.92 Å². The second-order valence-electron chi connectivity index (χ2n) is 8.58. The predicted molar refractivity (Wildman–Crippen MR) is 145 cm³/mol. The van der Waals surface area contributed by atoms with Crippen molar-refractivity contribution >= 4 is 11.9 Å². The lowest BCUT2D eigenvalue weighted by atomic mass is 9.89. The van der Waals surface area contributed by atoms with Gasteiger partial charge in [0, 0.05) is 5.56 Å². The number of carbonyl (C=O) groups is 1. The largest absolute Gasteiger partial charge is 0.493 e. The van der Waals surface area contributed by atoms with Gasteiger partial charge in [-0.1, -0.05) is 84.9 Å². The smallest absolute Gasteiger partial charge is 0.237 e. The highest BCUT2D eigenvalue weighted by atomic mass is 16.5. The molecule has 1 amide bonds. The van der Waals surface area contributed by atoms with Crippen molar-refractivity contribution < 1.29 is 9.53 Å². The van der Waals surface area contributed by atoms with Crippen molar-refractivity contribution in [1.29, 1.82) is 10.7 Å². The van der Waals surface area contributed by atoms with Gasteiger partial charge in [0.2, 0.25) is 5.91 Å². The maximum absolute atomic E-state index is 13.5. The van der Waals surface area contributed by atoms with Gasteiger partial charge in [-0.3, -0.25) is 15.1 Å². The molecule has 6 heteroatoms. The molecule has 4 aromatic carbocycles. The standard InChI is InChI=1S/C25H22N4O2.C6H6/c26-15-18-7-4-8-19(13-18)20-9-10-23-22(14-20)21(11-12-31-23)24(30)29(25(27)28)16-17-5-2-1-3-6-17;1-2-4-6-5-3-1/h1-10,13-14,21H,11-12,16H2,(H3,27,28);1-6H. The summed E-state index contributed by atoms with van der Waals surface area (Å²) in [6.45, 7) is 0.662. The summed E-state index contributed by atoms with van der Waals surface area (Å²) in [4.78, 5) is 14.8. The van der Waals surface area contributed by atoms with Crippen LogP contribution in [0.2, 0.25) is 0 Å². The first-order chi connectivity index (χ1) is 18.1. The van der Waals surface area contributed by atoms with Gasteiger partial charge >= 0.3 is 0 Å². The van der Waals surface area contributed by atoms with Crippen LogP contribution in [0.15, 0.2) is 109 Å². The highest BCUT2D eigenvalue weighted by Crippen LogP contribution is 2.38. The van der Waals surface area contributed by atoms with Gasteiger partial charge in [0.15, 0.2) is 5.96 Å². The maximum Gasteiger partial charge on any atom is 0.237 e. The molecule has 0 bridgehead atoms. The Morgan fingerprint density at radius 1 is 0.919 bits per heavy atom. The molecule has 1 atom stereocenters. The van der Waals surface area contributed by atoms with Crippen molar-refractivity contribution in [3.8, 4) is 22.9 Å².